The van der Waals surface area contributed by atoms with Crippen molar-refractivity contribution in [1.29, 1.82) is 0 Å². The fourth-order valence-electron chi connectivity index (χ4n) is 1.81. The van der Waals surface area contributed by atoms with Crippen molar-refractivity contribution in [3.8, 4) is 0 Å². The molecule has 1 aliphatic heterocycles. The zero-order valence-corrected chi connectivity index (χ0v) is 10.1. The van der Waals surface area contributed by atoms with Crippen molar-refractivity contribution in [3.05, 3.63) is 0 Å². The van der Waals surface area contributed by atoms with Crippen LogP contribution in [0.2, 0.25) is 0 Å². The summed E-state index contributed by atoms with van der Waals surface area (Å²) in [5.41, 5.74) is 10.7. The maximum absolute atomic E-state index is 11.9. The third kappa shape index (κ3) is 2.91. The Morgan fingerprint density at radius 1 is 1.44 bits per heavy atom. The van der Waals surface area contributed by atoms with E-state index in [-0.39, 0.29) is 22.7 Å². The first-order valence-corrected chi connectivity index (χ1v) is 5.71. The summed E-state index contributed by atoms with van der Waals surface area (Å²) >= 11 is 4.78. The van der Waals surface area contributed by atoms with Crippen LogP contribution in [0.4, 0.5) is 0 Å². The lowest BCUT2D eigenvalue weighted by molar-refractivity contribution is -0.136. The molecule has 0 aliphatic carbocycles. The molecule has 6 heteroatoms. The van der Waals surface area contributed by atoms with Crippen LogP contribution in [0.5, 0.6) is 0 Å². The molecule has 0 aromatic rings. The predicted molar refractivity (Wildman–Crippen MR) is 64.4 cm³/mol. The largest absolute Gasteiger partial charge is 0.393 e. The minimum atomic E-state index is -0.471. The number of primary amides is 1. The Bertz CT molecular complexity index is 319. The Hall–Kier alpha value is -1.17. The normalized spacial score (nSPS) is 22.6. The van der Waals surface area contributed by atoms with Crippen LogP contribution in [-0.2, 0) is 9.59 Å². The van der Waals surface area contributed by atoms with E-state index in [1.165, 1.54) is 0 Å². The topological polar surface area (TPSA) is 89.4 Å². The van der Waals surface area contributed by atoms with Crippen LogP contribution in [-0.4, -0.2) is 34.8 Å². The van der Waals surface area contributed by atoms with Gasteiger partial charge >= 0.3 is 0 Å². The fourth-order valence-corrected chi connectivity index (χ4v) is 1.91. The van der Waals surface area contributed by atoms with E-state index in [0.29, 0.717) is 13.1 Å². The van der Waals surface area contributed by atoms with E-state index in [1.807, 2.05) is 0 Å². The van der Waals surface area contributed by atoms with E-state index in [4.69, 9.17) is 23.7 Å². The molecule has 5 nitrogen and oxygen atoms in total. The van der Waals surface area contributed by atoms with E-state index in [0.717, 1.165) is 12.8 Å². The van der Waals surface area contributed by atoms with Crippen LogP contribution in [0.3, 0.4) is 0 Å². The molecule has 4 N–H and O–H groups in total. The number of hydrogen-bond acceptors (Lipinski definition) is 3. The monoisotopic (exact) mass is 243 g/mol. The number of nitrogens with two attached hydrogens (primary N) is 2. The zero-order chi connectivity index (χ0) is 12.3. The lowest BCUT2D eigenvalue weighted by Crippen LogP contribution is -2.47. The zero-order valence-electron chi connectivity index (χ0n) is 9.31. The molecule has 2 amide bonds. The van der Waals surface area contributed by atoms with Crippen molar-refractivity contribution in [2.24, 2.45) is 23.3 Å². The number of rotatable bonds is 3. The summed E-state index contributed by atoms with van der Waals surface area (Å²) < 4.78 is 0. The van der Waals surface area contributed by atoms with Gasteiger partial charge in [-0.2, -0.15) is 0 Å². The Kier molecular flexibility index (Phi) is 4.23. The van der Waals surface area contributed by atoms with Crippen LogP contribution in [0.15, 0.2) is 0 Å². The van der Waals surface area contributed by atoms with Crippen molar-refractivity contribution in [2.75, 3.05) is 13.1 Å². The molecule has 2 unspecified atom stereocenters. The summed E-state index contributed by atoms with van der Waals surface area (Å²) in [7, 11) is 0. The van der Waals surface area contributed by atoms with E-state index in [1.54, 1.807) is 11.8 Å². The molecule has 1 rings (SSSR count). The van der Waals surface area contributed by atoms with Crippen LogP contribution < -0.4 is 11.5 Å². The van der Waals surface area contributed by atoms with Crippen LogP contribution in [0.1, 0.15) is 19.8 Å². The van der Waals surface area contributed by atoms with E-state index in [2.05, 4.69) is 0 Å². The highest BCUT2D eigenvalue weighted by Crippen LogP contribution is 2.18. The SMILES string of the molecule is CC(C(=O)N1CCCC(C(N)=O)C1)C(N)=S. The number of hydrogen-bond donors (Lipinski definition) is 2. The standard InChI is InChI=1S/C10H17N3O2S/c1-6(9(12)16)10(15)13-4-2-3-7(5-13)8(11)14/h6-7H,2-5H2,1H3,(H2,11,14)(H2,12,16). The molecule has 0 aromatic heterocycles. The molecule has 0 bridgehead atoms. The summed E-state index contributed by atoms with van der Waals surface area (Å²) in [6.07, 6.45) is 1.55. The lowest BCUT2D eigenvalue weighted by atomic mass is 9.96. The average molecular weight is 243 g/mol. The lowest BCUT2D eigenvalue weighted by Gasteiger charge is -2.32. The van der Waals surface area contributed by atoms with Crippen molar-refractivity contribution in [3.63, 3.8) is 0 Å². The molecule has 2 atom stereocenters. The maximum Gasteiger partial charge on any atom is 0.232 e. The summed E-state index contributed by atoms with van der Waals surface area (Å²) in [5.74, 6) is -1.17. The molecule has 1 aliphatic rings. The van der Waals surface area contributed by atoms with Gasteiger partial charge in [0.25, 0.3) is 0 Å². The van der Waals surface area contributed by atoms with Gasteiger partial charge in [-0.3, -0.25) is 9.59 Å². The maximum atomic E-state index is 11.9. The third-order valence-corrected chi connectivity index (χ3v) is 3.29. The van der Waals surface area contributed by atoms with E-state index in [9.17, 15) is 9.59 Å². The number of thiocarbonyl (C=S) groups is 1. The van der Waals surface area contributed by atoms with Gasteiger partial charge in [0, 0.05) is 13.1 Å². The second-order valence-electron chi connectivity index (χ2n) is 4.15. The number of piperidine rings is 1. The summed E-state index contributed by atoms with van der Waals surface area (Å²) in [5, 5.41) is 0. The quantitative estimate of drug-likeness (QED) is 0.662. The molecule has 90 valence electrons. The summed E-state index contributed by atoms with van der Waals surface area (Å²) in [6.45, 7) is 2.72. The molecular formula is C10H17N3O2S. The van der Waals surface area contributed by atoms with Gasteiger partial charge in [-0.15, -0.1) is 0 Å². The van der Waals surface area contributed by atoms with Gasteiger partial charge in [-0.05, 0) is 19.8 Å². The highest BCUT2D eigenvalue weighted by molar-refractivity contribution is 7.80. The Morgan fingerprint density at radius 3 is 2.56 bits per heavy atom. The van der Waals surface area contributed by atoms with Crippen LogP contribution in [0.25, 0.3) is 0 Å². The van der Waals surface area contributed by atoms with Gasteiger partial charge in [0.1, 0.15) is 0 Å². The third-order valence-electron chi connectivity index (χ3n) is 2.93. The Morgan fingerprint density at radius 2 is 2.06 bits per heavy atom. The average Bonchev–Trinajstić information content (AvgIpc) is 2.27. The van der Waals surface area contributed by atoms with Gasteiger partial charge in [-0.25, -0.2) is 0 Å². The molecule has 0 saturated carbocycles. The molecule has 1 saturated heterocycles. The van der Waals surface area contributed by atoms with Gasteiger partial charge in [-0.1, -0.05) is 12.2 Å². The van der Waals surface area contributed by atoms with Crippen molar-refractivity contribution in [2.45, 2.75) is 19.8 Å². The van der Waals surface area contributed by atoms with Crippen LogP contribution in [0, 0.1) is 11.8 Å². The first kappa shape index (κ1) is 12.9. The summed E-state index contributed by atoms with van der Waals surface area (Å²) in [4.78, 5) is 24.8. The minimum absolute atomic E-state index is 0.113. The van der Waals surface area contributed by atoms with Crippen LogP contribution >= 0.6 is 12.2 Å². The highest BCUT2D eigenvalue weighted by Gasteiger charge is 2.29. The Balaban J connectivity index is 2.63. The number of nitrogens with zero attached hydrogens (tertiary/aromatic N) is 1. The predicted octanol–water partition coefficient (Wildman–Crippen LogP) is -0.367. The number of carbonyl (C=O) groups excluding carboxylic acids is 2. The Labute approximate surface area is 100 Å². The molecular weight excluding hydrogens is 226 g/mol. The fraction of sp³-hybridized carbons (Fsp3) is 0.700. The first-order chi connectivity index (χ1) is 7.43. The number of amides is 2. The second-order valence-corrected chi connectivity index (χ2v) is 4.62. The number of carbonyl (C=O) groups is 2. The number of likely N-dealkylation sites (tertiary alicyclic amines) is 1. The molecule has 0 aromatic carbocycles. The molecule has 1 heterocycles. The van der Waals surface area contributed by atoms with Gasteiger partial charge in [0.05, 0.1) is 16.8 Å². The van der Waals surface area contributed by atoms with E-state index < -0.39 is 5.92 Å². The first-order valence-electron chi connectivity index (χ1n) is 5.31. The highest BCUT2D eigenvalue weighted by atomic mass is 32.1. The molecule has 0 radical (unpaired) electrons. The smallest absolute Gasteiger partial charge is 0.232 e. The van der Waals surface area contributed by atoms with E-state index >= 15 is 0 Å². The van der Waals surface area contributed by atoms with Gasteiger partial charge < -0.3 is 16.4 Å². The minimum Gasteiger partial charge on any atom is -0.393 e. The van der Waals surface area contributed by atoms with Gasteiger partial charge in [0.15, 0.2) is 0 Å². The van der Waals surface area contributed by atoms with Gasteiger partial charge in [0.2, 0.25) is 11.8 Å². The second kappa shape index (κ2) is 5.25. The van der Waals surface area contributed by atoms with Crippen molar-refractivity contribution < 1.29 is 9.59 Å². The van der Waals surface area contributed by atoms with Crippen molar-refractivity contribution in [1.82, 2.24) is 4.90 Å². The van der Waals surface area contributed by atoms with Crippen molar-refractivity contribution >= 4 is 29.0 Å². The summed E-state index contributed by atoms with van der Waals surface area (Å²) in [6, 6.07) is 0. The molecule has 0 spiro atoms. The molecule has 1 fully saturated rings. The molecule has 16 heavy (non-hydrogen) atoms.